The van der Waals surface area contributed by atoms with E-state index >= 15 is 0 Å². The topological polar surface area (TPSA) is 64.6 Å². The van der Waals surface area contributed by atoms with Crippen molar-refractivity contribution >= 4 is 17.8 Å². The van der Waals surface area contributed by atoms with Crippen LogP contribution in [0.3, 0.4) is 0 Å². The minimum Gasteiger partial charge on any atom is -0.493 e. The van der Waals surface area contributed by atoms with Gasteiger partial charge in [-0.2, -0.15) is 0 Å². The molecule has 0 spiro atoms. The summed E-state index contributed by atoms with van der Waals surface area (Å²) in [4.78, 5) is 24.0. The van der Waals surface area contributed by atoms with Crippen LogP contribution in [0.25, 0.3) is 6.08 Å². The number of rotatable bonds is 6. The Labute approximate surface area is 152 Å². The lowest BCUT2D eigenvalue weighted by Gasteiger charge is -2.11. The van der Waals surface area contributed by atoms with Crippen molar-refractivity contribution in [2.75, 3.05) is 20.3 Å². The predicted octanol–water partition coefficient (Wildman–Crippen LogP) is 3.03. The van der Waals surface area contributed by atoms with E-state index in [-0.39, 0.29) is 18.3 Å². The van der Waals surface area contributed by atoms with Gasteiger partial charge in [-0.05, 0) is 36.3 Å². The number of ether oxygens (including phenoxy) is 2. The van der Waals surface area contributed by atoms with Crippen LogP contribution in [-0.2, 0) is 11.2 Å². The lowest BCUT2D eigenvalue weighted by molar-refractivity contribution is -0.123. The van der Waals surface area contributed by atoms with Crippen molar-refractivity contribution in [3.8, 4) is 11.5 Å². The number of allylic oxidation sites excluding steroid dienone is 1. The van der Waals surface area contributed by atoms with Crippen molar-refractivity contribution in [2.45, 2.75) is 13.3 Å². The number of Topliss-reactive ketones (excluding diaryl/α,β-unsaturated/α-hetero) is 1. The average Bonchev–Trinajstić information content (AvgIpc) is 2.96. The Hall–Kier alpha value is -3.08. The summed E-state index contributed by atoms with van der Waals surface area (Å²) < 4.78 is 10.9. The quantitative estimate of drug-likeness (QED) is 0.813. The number of likely N-dealkylation sites (N-methyl/N-ethyl adjacent to an activating group) is 1. The number of fused-ring (bicyclic) bond motifs is 1. The molecule has 0 fully saturated rings. The van der Waals surface area contributed by atoms with E-state index < -0.39 is 0 Å². The molecule has 0 saturated heterocycles. The molecule has 2 aromatic carbocycles. The van der Waals surface area contributed by atoms with Crippen molar-refractivity contribution in [1.82, 2.24) is 5.32 Å². The molecule has 1 aliphatic carbocycles. The average molecular weight is 351 g/mol. The molecular weight excluding hydrogens is 330 g/mol. The molecule has 0 atom stereocenters. The van der Waals surface area contributed by atoms with Crippen molar-refractivity contribution in [1.29, 1.82) is 0 Å². The number of methoxy groups -OCH3 is 1. The minimum atomic E-state index is -0.185. The second-order valence-electron chi connectivity index (χ2n) is 5.99. The molecule has 5 heteroatoms. The lowest BCUT2D eigenvalue weighted by Crippen LogP contribution is -2.28. The standard InChI is InChI=1S/C21H21NO4/c1-3-22-20(23)13-26-18-9-8-14(11-19(18)25-2)10-16-12-15-6-4-5-7-17(15)21(16)24/h4-11H,3,12-13H2,1-2H3,(H,22,23)/b16-10+. The fraction of sp³-hybridized carbons (Fsp3) is 0.238. The van der Waals surface area contributed by atoms with Crippen molar-refractivity contribution in [2.24, 2.45) is 0 Å². The van der Waals surface area contributed by atoms with E-state index in [1.807, 2.05) is 43.3 Å². The van der Waals surface area contributed by atoms with E-state index in [0.29, 0.717) is 24.5 Å². The SMILES string of the molecule is CCNC(=O)COc1ccc(/C=C2\Cc3ccccc3C2=O)cc1OC. The summed E-state index contributed by atoms with van der Waals surface area (Å²) in [6, 6.07) is 13.1. The zero-order valence-corrected chi connectivity index (χ0v) is 14.9. The zero-order valence-electron chi connectivity index (χ0n) is 14.9. The van der Waals surface area contributed by atoms with E-state index in [1.165, 1.54) is 0 Å². The summed E-state index contributed by atoms with van der Waals surface area (Å²) in [5.74, 6) is 0.889. The number of carbonyl (C=O) groups excluding carboxylic acids is 2. The Balaban J connectivity index is 1.78. The number of carbonyl (C=O) groups is 2. The number of benzene rings is 2. The van der Waals surface area contributed by atoms with Gasteiger partial charge in [0.2, 0.25) is 0 Å². The fourth-order valence-electron chi connectivity index (χ4n) is 2.96. The van der Waals surface area contributed by atoms with E-state index in [1.54, 1.807) is 19.2 Å². The van der Waals surface area contributed by atoms with Crippen LogP contribution in [0.4, 0.5) is 0 Å². The first-order chi connectivity index (χ1) is 12.6. The molecule has 0 unspecified atom stereocenters. The third-order valence-corrected chi connectivity index (χ3v) is 4.20. The van der Waals surface area contributed by atoms with Gasteiger partial charge >= 0.3 is 0 Å². The number of amides is 1. The van der Waals surface area contributed by atoms with E-state index in [2.05, 4.69) is 5.32 Å². The van der Waals surface area contributed by atoms with E-state index in [4.69, 9.17) is 9.47 Å². The molecule has 0 radical (unpaired) electrons. The van der Waals surface area contributed by atoms with E-state index in [9.17, 15) is 9.59 Å². The molecule has 0 bridgehead atoms. The summed E-state index contributed by atoms with van der Waals surface area (Å²) >= 11 is 0. The van der Waals surface area contributed by atoms with Crippen LogP contribution < -0.4 is 14.8 Å². The molecule has 0 aliphatic heterocycles. The van der Waals surface area contributed by atoms with Gasteiger partial charge in [-0.15, -0.1) is 0 Å². The highest BCUT2D eigenvalue weighted by Gasteiger charge is 2.24. The summed E-state index contributed by atoms with van der Waals surface area (Å²) in [5.41, 5.74) is 3.43. The third-order valence-electron chi connectivity index (χ3n) is 4.20. The van der Waals surface area contributed by atoms with Crippen molar-refractivity contribution < 1.29 is 19.1 Å². The second-order valence-corrected chi connectivity index (χ2v) is 5.99. The van der Waals surface area contributed by atoms with Crippen LogP contribution in [0.2, 0.25) is 0 Å². The molecule has 1 amide bonds. The van der Waals surface area contributed by atoms with Gasteiger partial charge < -0.3 is 14.8 Å². The molecule has 26 heavy (non-hydrogen) atoms. The van der Waals surface area contributed by atoms with Gasteiger partial charge in [-0.1, -0.05) is 30.3 Å². The van der Waals surface area contributed by atoms with Crippen LogP contribution in [0, 0.1) is 0 Å². The summed E-state index contributed by atoms with van der Waals surface area (Å²) in [7, 11) is 1.54. The van der Waals surface area contributed by atoms with Gasteiger partial charge in [0.15, 0.2) is 23.9 Å². The smallest absolute Gasteiger partial charge is 0.257 e. The number of ketones is 1. The Morgan fingerprint density at radius 3 is 2.73 bits per heavy atom. The number of hydrogen-bond donors (Lipinski definition) is 1. The maximum Gasteiger partial charge on any atom is 0.257 e. The van der Waals surface area contributed by atoms with Crippen LogP contribution >= 0.6 is 0 Å². The molecular formula is C21H21NO4. The maximum absolute atomic E-state index is 12.5. The van der Waals surface area contributed by atoms with Crippen LogP contribution in [0.15, 0.2) is 48.0 Å². The molecule has 0 heterocycles. The highest BCUT2D eigenvalue weighted by molar-refractivity contribution is 6.15. The Bertz CT molecular complexity index is 870. The first-order valence-corrected chi connectivity index (χ1v) is 8.53. The molecule has 0 aromatic heterocycles. The lowest BCUT2D eigenvalue weighted by atomic mass is 10.1. The largest absolute Gasteiger partial charge is 0.493 e. The number of hydrogen-bond acceptors (Lipinski definition) is 4. The zero-order chi connectivity index (χ0) is 18.5. The highest BCUT2D eigenvalue weighted by Crippen LogP contribution is 2.31. The highest BCUT2D eigenvalue weighted by atomic mass is 16.5. The molecule has 1 aliphatic rings. The maximum atomic E-state index is 12.5. The summed E-state index contributed by atoms with van der Waals surface area (Å²) in [6.45, 7) is 2.34. The first-order valence-electron chi connectivity index (χ1n) is 8.53. The fourth-order valence-corrected chi connectivity index (χ4v) is 2.96. The minimum absolute atomic E-state index is 0.0659. The Morgan fingerprint density at radius 2 is 2.00 bits per heavy atom. The molecule has 3 rings (SSSR count). The monoisotopic (exact) mass is 351 g/mol. The van der Waals surface area contributed by atoms with Gasteiger partial charge in [0, 0.05) is 24.1 Å². The third kappa shape index (κ3) is 3.77. The molecule has 0 saturated carbocycles. The predicted molar refractivity (Wildman–Crippen MR) is 99.6 cm³/mol. The van der Waals surface area contributed by atoms with Gasteiger partial charge in [0.25, 0.3) is 5.91 Å². The van der Waals surface area contributed by atoms with Crippen molar-refractivity contribution in [3.05, 3.63) is 64.7 Å². The first kappa shape index (κ1) is 17.7. The van der Waals surface area contributed by atoms with Crippen LogP contribution in [0.1, 0.15) is 28.4 Å². The molecule has 134 valence electrons. The van der Waals surface area contributed by atoms with Gasteiger partial charge in [0.1, 0.15) is 0 Å². The summed E-state index contributed by atoms with van der Waals surface area (Å²) in [6.07, 6.45) is 2.51. The molecule has 1 N–H and O–H groups in total. The van der Waals surface area contributed by atoms with E-state index in [0.717, 1.165) is 22.3 Å². The number of nitrogens with one attached hydrogen (secondary N) is 1. The second kappa shape index (κ2) is 7.87. The molecule has 2 aromatic rings. The van der Waals surface area contributed by atoms with Crippen molar-refractivity contribution in [3.63, 3.8) is 0 Å². The Morgan fingerprint density at radius 1 is 1.19 bits per heavy atom. The van der Waals surface area contributed by atoms with Gasteiger partial charge in [-0.3, -0.25) is 9.59 Å². The molecule has 5 nitrogen and oxygen atoms in total. The summed E-state index contributed by atoms with van der Waals surface area (Å²) in [5, 5.41) is 2.67. The van der Waals surface area contributed by atoms with Crippen LogP contribution in [0.5, 0.6) is 11.5 Å². The van der Waals surface area contributed by atoms with Gasteiger partial charge in [-0.25, -0.2) is 0 Å². The van der Waals surface area contributed by atoms with Gasteiger partial charge in [0.05, 0.1) is 7.11 Å². The van der Waals surface area contributed by atoms with Crippen LogP contribution in [-0.4, -0.2) is 32.0 Å². The Kier molecular flexibility index (Phi) is 5.37. The normalized spacial score (nSPS) is 14.2.